The molecular weight excluding hydrogens is 215 g/mol. The van der Waals surface area contributed by atoms with Crippen molar-refractivity contribution in [3.63, 3.8) is 0 Å². The molecule has 1 aliphatic heterocycles. The summed E-state index contributed by atoms with van der Waals surface area (Å²) in [5.41, 5.74) is 0.278. The summed E-state index contributed by atoms with van der Waals surface area (Å²) in [5.74, 6) is 0.898. The zero-order valence-electron chi connectivity index (χ0n) is 11.3. The van der Waals surface area contributed by atoms with Crippen LogP contribution in [-0.4, -0.2) is 42.8 Å². The topological polar surface area (TPSA) is 15.3 Å². The van der Waals surface area contributed by atoms with Gasteiger partial charge >= 0.3 is 0 Å². The maximum absolute atomic E-state index is 12.4. The van der Waals surface area contributed by atoms with E-state index in [1.807, 2.05) is 0 Å². The lowest BCUT2D eigenvalue weighted by molar-refractivity contribution is 0.0251. The van der Waals surface area contributed by atoms with E-state index in [2.05, 4.69) is 24.1 Å². The molecule has 1 unspecified atom stereocenters. The molecule has 1 saturated carbocycles. The van der Waals surface area contributed by atoms with Gasteiger partial charge in [0.25, 0.3) is 0 Å². The molecule has 0 aromatic rings. The van der Waals surface area contributed by atoms with Gasteiger partial charge in [-0.25, -0.2) is 0 Å². The first-order valence-corrected chi connectivity index (χ1v) is 7.30. The van der Waals surface area contributed by atoms with Gasteiger partial charge in [0.1, 0.15) is 0 Å². The first-order valence-electron chi connectivity index (χ1n) is 7.30. The molecule has 0 amide bonds. The molecule has 1 aliphatic carbocycles. The Labute approximate surface area is 105 Å². The molecule has 1 saturated heterocycles. The van der Waals surface area contributed by atoms with Gasteiger partial charge in [-0.1, -0.05) is 13.8 Å². The van der Waals surface area contributed by atoms with Crippen molar-refractivity contribution < 1.29 is 4.39 Å². The highest BCUT2D eigenvalue weighted by Gasteiger charge is 2.42. The van der Waals surface area contributed by atoms with E-state index in [9.17, 15) is 4.39 Å². The van der Waals surface area contributed by atoms with Crippen LogP contribution in [0.2, 0.25) is 0 Å². The van der Waals surface area contributed by atoms with Crippen LogP contribution < -0.4 is 5.32 Å². The second-order valence-corrected chi connectivity index (χ2v) is 5.74. The second kappa shape index (κ2) is 5.66. The lowest BCUT2D eigenvalue weighted by Crippen LogP contribution is -2.64. The van der Waals surface area contributed by atoms with Crippen molar-refractivity contribution in [2.45, 2.75) is 57.5 Å². The minimum Gasteiger partial charge on any atom is -0.311 e. The summed E-state index contributed by atoms with van der Waals surface area (Å²) in [6, 6.07) is 0.667. The van der Waals surface area contributed by atoms with Crippen molar-refractivity contribution in [2.24, 2.45) is 5.92 Å². The van der Waals surface area contributed by atoms with Crippen LogP contribution in [0, 0.1) is 5.92 Å². The molecule has 2 nitrogen and oxygen atoms in total. The maximum Gasteiger partial charge on any atom is 0.0906 e. The van der Waals surface area contributed by atoms with Crippen molar-refractivity contribution in [3.05, 3.63) is 0 Å². The second-order valence-electron chi connectivity index (χ2n) is 5.74. The van der Waals surface area contributed by atoms with Crippen LogP contribution in [0.15, 0.2) is 0 Å². The quantitative estimate of drug-likeness (QED) is 0.770. The monoisotopic (exact) mass is 242 g/mol. The summed E-state index contributed by atoms with van der Waals surface area (Å²) < 4.78 is 12.4. The molecule has 17 heavy (non-hydrogen) atoms. The summed E-state index contributed by atoms with van der Waals surface area (Å²) in [5, 5.41) is 3.74. The number of alkyl halides is 1. The first-order chi connectivity index (χ1) is 8.25. The van der Waals surface area contributed by atoms with E-state index in [0.29, 0.717) is 12.5 Å². The van der Waals surface area contributed by atoms with E-state index in [1.165, 1.54) is 25.7 Å². The summed E-state index contributed by atoms with van der Waals surface area (Å²) in [6.07, 6.45) is 5.80. The highest BCUT2D eigenvalue weighted by atomic mass is 19.1. The molecule has 0 radical (unpaired) electrons. The smallest absolute Gasteiger partial charge is 0.0906 e. The van der Waals surface area contributed by atoms with Gasteiger partial charge in [0.05, 0.1) is 6.67 Å². The van der Waals surface area contributed by atoms with Crippen LogP contribution in [0.25, 0.3) is 0 Å². The van der Waals surface area contributed by atoms with Crippen molar-refractivity contribution in [1.29, 1.82) is 0 Å². The van der Waals surface area contributed by atoms with Gasteiger partial charge in [0.15, 0.2) is 0 Å². The van der Waals surface area contributed by atoms with E-state index >= 15 is 0 Å². The number of piperazine rings is 1. The van der Waals surface area contributed by atoms with Crippen LogP contribution >= 0.6 is 0 Å². The number of halogens is 1. The third-order valence-electron chi connectivity index (χ3n) is 4.85. The molecule has 0 bridgehead atoms. The zero-order valence-corrected chi connectivity index (χ0v) is 11.3. The van der Waals surface area contributed by atoms with Gasteiger partial charge in [0.2, 0.25) is 0 Å². The normalized spacial score (nSPS) is 29.5. The van der Waals surface area contributed by atoms with Gasteiger partial charge in [-0.15, -0.1) is 0 Å². The van der Waals surface area contributed by atoms with Crippen LogP contribution in [0.1, 0.15) is 46.0 Å². The predicted molar refractivity (Wildman–Crippen MR) is 70.0 cm³/mol. The van der Waals surface area contributed by atoms with Gasteiger partial charge in [-0.2, -0.15) is 0 Å². The Balaban J connectivity index is 1.99. The molecule has 100 valence electrons. The van der Waals surface area contributed by atoms with Gasteiger partial charge in [0, 0.05) is 31.2 Å². The van der Waals surface area contributed by atoms with Gasteiger partial charge < -0.3 is 5.32 Å². The Hall–Kier alpha value is -0.150. The Bertz CT molecular complexity index is 236. The SMILES string of the molecule is CCC1(CC)CNC(C2CC2)CN1CCCF. The van der Waals surface area contributed by atoms with E-state index in [1.54, 1.807) is 0 Å². The predicted octanol–water partition coefficient (Wildman–Crippen LogP) is 2.59. The number of nitrogens with one attached hydrogen (secondary N) is 1. The summed E-state index contributed by atoms with van der Waals surface area (Å²) >= 11 is 0. The number of nitrogens with zero attached hydrogens (tertiary/aromatic N) is 1. The maximum atomic E-state index is 12.4. The van der Waals surface area contributed by atoms with E-state index < -0.39 is 0 Å². The van der Waals surface area contributed by atoms with Gasteiger partial charge in [-0.3, -0.25) is 9.29 Å². The Kier molecular flexibility index (Phi) is 4.42. The summed E-state index contributed by atoms with van der Waals surface area (Å²) in [4.78, 5) is 2.58. The summed E-state index contributed by atoms with van der Waals surface area (Å²) in [7, 11) is 0. The highest BCUT2D eigenvalue weighted by Crippen LogP contribution is 2.37. The fourth-order valence-corrected chi connectivity index (χ4v) is 3.27. The van der Waals surface area contributed by atoms with Gasteiger partial charge in [-0.05, 0) is 38.0 Å². The molecule has 0 spiro atoms. The Morgan fingerprint density at radius 2 is 2.00 bits per heavy atom. The highest BCUT2D eigenvalue weighted by molar-refractivity contribution is 5.01. The standard InChI is InChI=1S/C14H27FN2/c1-3-14(4-2)11-16-13(12-6-7-12)10-17(14)9-5-8-15/h12-13,16H,3-11H2,1-2H3. The average Bonchev–Trinajstić information content (AvgIpc) is 3.20. The minimum absolute atomic E-state index is 0.179. The molecule has 3 heteroatoms. The van der Waals surface area contributed by atoms with Crippen molar-refractivity contribution >= 4 is 0 Å². The molecule has 1 heterocycles. The number of hydrogen-bond acceptors (Lipinski definition) is 2. The van der Waals surface area contributed by atoms with Crippen LogP contribution in [0.3, 0.4) is 0 Å². The lowest BCUT2D eigenvalue weighted by atomic mass is 9.86. The van der Waals surface area contributed by atoms with Crippen LogP contribution in [0.5, 0.6) is 0 Å². The fourth-order valence-electron chi connectivity index (χ4n) is 3.27. The van der Waals surface area contributed by atoms with E-state index in [0.717, 1.165) is 25.6 Å². The molecule has 0 aromatic carbocycles. The largest absolute Gasteiger partial charge is 0.311 e. The number of hydrogen-bond donors (Lipinski definition) is 1. The van der Waals surface area contributed by atoms with Crippen LogP contribution in [-0.2, 0) is 0 Å². The number of rotatable bonds is 6. The molecular formula is C14H27FN2. The van der Waals surface area contributed by atoms with E-state index in [-0.39, 0.29) is 12.2 Å². The fraction of sp³-hybridized carbons (Fsp3) is 1.00. The summed E-state index contributed by atoms with van der Waals surface area (Å²) in [6.45, 7) is 7.51. The zero-order chi connectivity index (χ0) is 12.3. The van der Waals surface area contributed by atoms with Crippen molar-refractivity contribution in [2.75, 3.05) is 26.3 Å². The molecule has 2 fully saturated rings. The first kappa shape index (κ1) is 13.3. The minimum atomic E-state index is -0.179. The molecule has 1 N–H and O–H groups in total. The molecule has 0 aromatic heterocycles. The Morgan fingerprint density at radius 1 is 1.29 bits per heavy atom. The third-order valence-corrected chi connectivity index (χ3v) is 4.85. The van der Waals surface area contributed by atoms with Crippen molar-refractivity contribution in [3.8, 4) is 0 Å². The lowest BCUT2D eigenvalue weighted by Gasteiger charge is -2.50. The molecule has 2 rings (SSSR count). The van der Waals surface area contributed by atoms with E-state index in [4.69, 9.17) is 0 Å². The average molecular weight is 242 g/mol. The van der Waals surface area contributed by atoms with Crippen LogP contribution in [0.4, 0.5) is 4.39 Å². The molecule has 1 atom stereocenters. The van der Waals surface area contributed by atoms with Crippen molar-refractivity contribution in [1.82, 2.24) is 10.2 Å². The third kappa shape index (κ3) is 2.82. The molecule has 2 aliphatic rings. The Morgan fingerprint density at radius 3 is 2.53 bits per heavy atom.